The number of pyridine rings is 1. The summed E-state index contributed by atoms with van der Waals surface area (Å²) in [4.78, 5) is 18.2. The molecule has 2 heterocycles. The Balaban J connectivity index is 1.54. The normalized spacial score (nSPS) is 20.4. The highest BCUT2D eigenvalue weighted by Crippen LogP contribution is 2.27. The van der Waals surface area contributed by atoms with Gasteiger partial charge in [-0.1, -0.05) is 36.4 Å². The Kier molecular flexibility index (Phi) is 5.43. The van der Waals surface area contributed by atoms with Crippen molar-refractivity contribution in [2.45, 2.75) is 31.5 Å². The average Bonchev–Trinajstić information content (AvgIpc) is 2.63. The highest BCUT2D eigenvalue weighted by Gasteiger charge is 2.25. The first-order chi connectivity index (χ1) is 11.7. The zero-order chi connectivity index (χ0) is 16.8. The Morgan fingerprint density at radius 3 is 2.88 bits per heavy atom. The maximum atomic E-state index is 12.4. The minimum atomic E-state index is -0.0578. The Bertz CT molecular complexity index is 648. The van der Waals surface area contributed by atoms with Crippen LogP contribution in [0, 0.1) is 0 Å². The van der Waals surface area contributed by atoms with Crippen molar-refractivity contribution < 1.29 is 9.53 Å². The second-order valence-electron chi connectivity index (χ2n) is 6.16. The first-order valence-electron chi connectivity index (χ1n) is 8.29. The second-order valence-corrected chi connectivity index (χ2v) is 6.16. The number of amides is 2. The van der Waals surface area contributed by atoms with Crippen molar-refractivity contribution in [2.75, 3.05) is 13.7 Å². The number of carbonyl (C=O) groups is 1. The summed E-state index contributed by atoms with van der Waals surface area (Å²) in [6.07, 6.45) is 5.21. The van der Waals surface area contributed by atoms with E-state index in [1.165, 1.54) is 5.56 Å². The van der Waals surface area contributed by atoms with Crippen LogP contribution < -0.4 is 5.32 Å². The van der Waals surface area contributed by atoms with Gasteiger partial charge in [0.2, 0.25) is 0 Å². The van der Waals surface area contributed by atoms with Crippen molar-refractivity contribution in [3.05, 3.63) is 66.0 Å². The molecule has 1 fully saturated rings. The fourth-order valence-corrected chi connectivity index (χ4v) is 2.95. The first-order valence-corrected chi connectivity index (χ1v) is 8.29. The number of rotatable bonds is 4. The summed E-state index contributed by atoms with van der Waals surface area (Å²) in [6, 6.07) is 14.1. The van der Waals surface area contributed by atoms with Gasteiger partial charge in [0.25, 0.3) is 0 Å². The topological polar surface area (TPSA) is 54.5 Å². The zero-order valence-electron chi connectivity index (χ0n) is 13.9. The highest BCUT2D eigenvalue weighted by atomic mass is 16.5. The predicted octanol–water partition coefficient (Wildman–Crippen LogP) is 3.14. The van der Waals surface area contributed by atoms with E-state index in [1.54, 1.807) is 24.3 Å². The summed E-state index contributed by atoms with van der Waals surface area (Å²) < 4.78 is 5.86. The van der Waals surface area contributed by atoms with E-state index in [0.29, 0.717) is 13.2 Å². The molecule has 0 bridgehead atoms. The summed E-state index contributed by atoms with van der Waals surface area (Å²) in [5.41, 5.74) is 2.18. The van der Waals surface area contributed by atoms with E-state index < -0.39 is 0 Å². The molecular weight excluding hydrogens is 302 g/mol. The minimum absolute atomic E-state index is 0.0499. The number of urea groups is 1. The standard InChI is InChI=1S/C19H23N3O2/c1-22(14-15-6-5-10-20-13-15)19(23)21-17-9-11-24-18(12-17)16-7-3-2-4-8-16/h2-8,10,13,17-18H,9,11-12,14H2,1H3,(H,21,23)/t17-,18+/m1/s1. The molecule has 3 rings (SSSR count). The lowest BCUT2D eigenvalue weighted by molar-refractivity contribution is 0.00158. The Labute approximate surface area is 142 Å². The molecule has 2 amide bonds. The zero-order valence-corrected chi connectivity index (χ0v) is 13.9. The number of benzene rings is 1. The lowest BCUT2D eigenvalue weighted by atomic mass is 9.97. The Hall–Kier alpha value is -2.40. The van der Waals surface area contributed by atoms with Crippen LogP contribution in [0.1, 0.15) is 30.1 Å². The second kappa shape index (κ2) is 7.93. The SMILES string of the molecule is CN(Cc1cccnc1)C(=O)N[C@@H]1CCO[C@H](c2ccccc2)C1. The largest absolute Gasteiger partial charge is 0.373 e. The van der Waals surface area contributed by atoms with Crippen molar-refractivity contribution in [3.63, 3.8) is 0 Å². The van der Waals surface area contributed by atoms with Crippen molar-refractivity contribution in [3.8, 4) is 0 Å². The Morgan fingerprint density at radius 1 is 1.29 bits per heavy atom. The smallest absolute Gasteiger partial charge is 0.317 e. The van der Waals surface area contributed by atoms with E-state index in [-0.39, 0.29) is 18.2 Å². The fourth-order valence-electron chi connectivity index (χ4n) is 2.95. The van der Waals surface area contributed by atoms with Gasteiger partial charge in [0.1, 0.15) is 0 Å². The van der Waals surface area contributed by atoms with Gasteiger partial charge in [-0.15, -0.1) is 0 Å². The third-order valence-corrected chi connectivity index (χ3v) is 4.27. The number of carbonyl (C=O) groups excluding carboxylic acids is 1. The molecule has 0 saturated carbocycles. The van der Waals surface area contributed by atoms with E-state index in [2.05, 4.69) is 22.4 Å². The van der Waals surface area contributed by atoms with Crippen LogP contribution in [0.4, 0.5) is 4.79 Å². The van der Waals surface area contributed by atoms with Crippen LogP contribution in [0.15, 0.2) is 54.9 Å². The molecule has 1 aliphatic heterocycles. The molecule has 1 aromatic carbocycles. The maximum absolute atomic E-state index is 12.4. The van der Waals surface area contributed by atoms with Gasteiger partial charge in [-0.25, -0.2) is 4.79 Å². The van der Waals surface area contributed by atoms with E-state index in [0.717, 1.165) is 18.4 Å². The van der Waals surface area contributed by atoms with Gasteiger partial charge in [0, 0.05) is 38.6 Å². The lowest BCUT2D eigenvalue weighted by Crippen LogP contribution is -2.45. The maximum Gasteiger partial charge on any atom is 0.317 e. The van der Waals surface area contributed by atoms with Crippen molar-refractivity contribution >= 4 is 6.03 Å². The van der Waals surface area contributed by atoms with Crippen LogP contribution in [0.5, 0.6) is 0 Å². The van der Waals surface area contributed by atoms with Gasteiger partial charge in [0.05, 0.1) is 6.10 Å². The Morgan fingerprint density at radius 2 is 2.12 bits per heavy atom. The quantitative estimate of drug-likeness (QED) is 0.939. The fraction of sp³-hybridized carbons (Fsp3) is 0.368. The van der Waals surface area contributed by atoms with Gasteiger partial charge in [-0.2, -0.15) is 0 Å². The molecular formula is C19H23N3O2. The third kappa shape index (κ3) is 4.32. The number of aromatic nitrogens is 1. The molecule has 5 nitrogen and oxygen atoms in total. The van der Waals surface area contributed by atoms with Crippen LogP contribution >= 0.6 is 0 Å². The summed E-state index contributed by atoms with van der Waals surface area (Å²) >= 11 is 0. The van der Waals surface area contributed by atoms with Gasteiger partial charge >= 0.3 is 6.03 Å². The first kappa shape index (κ1) is 16.5. The molecule has 24 heavy (non-hydrogen) atoms. The van der Waals surface area contributed by atoms with Gasteiger partial charge in [-0.3, -0.25) is 4.98 Å². The summed E-state index contributed by atoms with van der Waals surface area (Å²) in [6.45, 7) is 1.21. The summed E-state index contributed by atoms with van der Waals surface area (Å²) in [7, 11) is 1.80. The van der Waals surface area contributed by atoms with Gasteiger partial charge in [-0.05, 0) is 30.0 Å². The van der Waals surface area contributed by atoms with Crippen molar-refractivity contribution in [2.24, 2.45) is 0 Å². The number of hydrogen-bond donors (Lipinski definition) is 1. The number of hydrogen-bond acceptors (Lipinski definition) is 3. The van der Waals surface area contributed by atoms with E-state index in [1.807, 2.05) is 30.3 Å². The average molecular weight is 325 g/mol. The van der Waals surface area contributed by atoms with Crippen LogP contribution in [0.3, 0.4) is 0 Å². The minimum Gasteiger partial charge on any atom is -0.373 e. The number of ether oxygens (including phenoxy) is 1. The van der Waals surface area contributed by atoms with Crippen LogP contribution in [-0.4, -0.2) is 35.6 Å². The molecule has 126 valence electrons. The molecule has 2 aromatic rings. The number of nitrogens with zero attached hydrogens (tertiary/aromatic N) is 2. The molecule has 1 aromatic heterocycles. The molecule has 0 aliphatic carbocycles. The van der Waals surface area contributed by atoms with Crippen LogP contribution in [0.25, 0.3) is 0 Å². The summed E-state index contributed by atoms with van der Waals surface area (Å²) in [5.74, 6) is 0. The molecule has 1 N–H and O–H groups in total. The molecule has 0 unspecified atom stereocenters. The number of nitrogens with one attached hydrogen (secondary N) is 1. The van der Waals surface area contributed by atoms with Crippen molar-refractivity contribution in [1.82, 2.24) is 15.2 Å². The lowest BCUT2D eigenvalue weighted by Gasteiger charge is -2.31. The summed E-state index contributed by atoms with van der Waals surface area (Å²) in [5, 5.41) is 3.13. The molecule has 2 atom stereocenters. The monoisotopic (exact) mass is 325 g/mol. The molecule has 0 radical (unpaired) electrons. The molecule has 5 heteroatoms. The van der Waals surface area contributed by atoms with Gasteiger partial charge < -0.3 is 15.0 Å². The van der Waals surface area contributed by atoms with E-state index in [9.17, 15) is 4.79 Å². The molecule has 1 aliphatic rings. The van der Waals surface area contributed by atoms with Crippen LogP contribution in [-0.2, 0) is 11.3 Å². The highest BCUT2D eigenvalue weighted by molar-refractivity contribution is 5.74. The van der Waals surface area contributed by atoms with Crippen LogP contribution in [0.2, 0.25) is 0 Å². The molecule has 0 spiro atoms. The van der Waals surface area contributed by atoms with Crippen molar-refractivity contribution in [1.29, 1.82) is 0 Å². The predicted molar refractivity (Wildman–Crippen MR) is 92.4 cm³/mol. The van der Waals surface area contributed by atoms with Gasteiger partial charge in [0.15, 0.2) is 0 Å². The molecule has 1 saturated heterocycles. The van der Waals surface area contributed by atoms with E-state index in [4.69, 9.17) is 4.74 Å². The third-order valence-electron chi connectivity index (χ3n) is 4.27. The van der Waals surface area contributed by atoms with E-state index >= 15 is 0 Å².